The Morgan fingerprint density at radius 1 is 1.33 bits per heavy atom. The van der Waals surface area contributed by atoms with Gasteiger partial charge in [0.25, 0.3) is 0 Å². The second-order valence-corrected chi connectivity index (χ2v) is 8.21. The fourth-order valence-electron chi connectivity index (χ4n) is 3.02. The van der Waals surface area contributed by atoms with Gasteiger partial charge >= 0.3 is 0 Å². The van der Waals surface area contributed by atoms with Gasteiger partial charge in [0.1, 0.15) is 5.82 Å². The third-order valence-corrected chi connectivity index (χ3v) is 5.85. The van der Waals surface area contributed by atoms with Crippen molar-refractivity contribution in [2.24, 2.45) is 0 Å². The van der Waals surface area contributed by atoms with Crippen LogP contribution in [0.3, 0.4) is 0 Å². The van der Waals surface area contributed by atoms with Gasteiger partial charge in [-0.3, -0.25) is 0 Å². The summed E-state index contributed by atoms with van der Waals surface area (Å²) in [5.41, 5.74) is 0.941. The van der Waals surface area contributed by atoms with Gasteiger partial charge in [0.05, 0.1) is 12.0 Å². The zero-order chi connectivity index (χ0) is 19.6. The third-order valence-electron chi connectivity index (χ3n) is 4.50. The van der Waals surface area contributed by atoms with Gasteiger partial charge in [-0.05, 0) is 44.5 Å². The van der Waals surface area contributed by atoms with Crippen LogP contribution in [0.2, 0.25) is 5.15 Å². The van der Waals surface area contributed by atoms with E-state index in [2.05, 4.69) is 4.98 Å². The molecular weight excluding hydrogens is 392 g/mol. The summed E-state index contributed by atoms with van der Waals surface area (Å²) in [6.45, 7) is 1.50. The van der Waals surface area contributed by atoms with Crippen LogP contribution in [0, 0.1) is 0 Å². The molecule has 0 amide bonds. The Balaban J connectivity index is 2.01. The molecule has 0 saturated heterocycles. The van der Waals surface area contributed by atoms with Gasteiger partial charge in [-0.1, -0.05) is 29.8 Å². The van der Waals surface area contributed by atoms with Crippen molar-refractivity contribution >= 4 is 35.1 Å². The maximum atomic E-state index is 13.5. The van der Waals surface area contributed by atoms with Gasteiger partial charge in [0, 0.05) is 30.8 Å². The Kier molecular flexibility index (Phi) is 6.13. The lowest BCUT2D eigenvalue weighted by atomic mass is 10.1. The number of nitrogens with zero attached hydrogens (tertiary/aromatic N) is 3. The van der Waals surface area contributed by atoms with Crippen molar-refractivity contribution in [1.29, 1.82) is 0 Å². The average molecular weight is 414 g/mol. The smallest absolute Gasteiger partial charge is 0.245 e. The molecule has 0 bridgehead atoms. The lowest BCUT2D eigenvalue weighted by molar-refractivity contribution is 0.00705. The number of anilines is 2. The first-order valence-corrected chi connectivity index (χ1v) is 9.79. The Morgan fingerprint density at radius 3 is 2.67 bits per heavy atom. The number of para-hydroxylation sites is 1. The number of ether oxygens (including phenoxy) is 1. The molecule has 27 heavy (non-hydrogen) atoms. The summed E-state index contributed by atoms with van der Waals surface area (Å²) in [7, 11) is 3.46. The SMILES string of the molecule is COc1cc2c(nc1Cl)N(c1ccccc1)CC(CCC(C)(F)F)N(C)S2. The minimum atomic E-state index is -2.69. The number of fused-ring (bicyclic) bond motifs is 1. The molecule has 0 spiro atoms. The van der Waals surface area contributed by atoms with Gasteiger partial charge in [-0.2, -0.15) is 0 Å². The predicted octanol–water partition coefficient (Wildman–Crippen LogP) is 5.64. The molecule has 1 aliphatic heterocycles. The van der Waals surface area contributed by atoms with Crippen LogP contribution in [-0.4, -0.2) is 42.0 Å². The van der Waals surface area contributed by atoms with E-state index in [1.54, 1.807) is 7.11 Å². The summed E-state index contributed by atoms with van der Waals surface area (Å²) in [5, 5.41) is 0.277. The van der Waals surface area contributed by atoms with Gasteiger partial charge in [0.2, 0.25) is 5.92 Å². The monoisotopic (exact) mass is 413 g/mol. The molecule has 0 fully saturated rings. The first kappa shape index (κ1) is 20.2. The maximum absolute atomic E-state index is 13.5. The van der Waals surface area contributed by atoms with Crippen molar-refractivity contribution in [2.45, 2.75) is 36.6 Å². The highest BCUT2D eigenvalue weighted by Crippen LogP contribution is 2.43. The molecule has 3 rings (SSSR count). The van der Waals surface area contributed by atoms with Crippen LogP contribution in [0.25, 0.3) is 0 Å². The molecule has 0 radical (unpaired) electrons. The number of methoxy groups -OCH3 is 1. The highest BCUT2D eigenvalue weighted by Gasteiger charge is 2.32. The van der Waals surface area contributed by atoms with Crippen molar-refractivity contribution in [3.05, 3.63) is 41.6 Å². The molecule has 1 aromatic heterocycles. The van der Waals surface area contributed by atoms with E-state index >= 15 is 0 Å². The number of likely N-dealkylation sites (N-methyl/N-ethyl adjacent to an activating group) is 1. The van der Waals surface area contributed by atoms with Crippen molar-refractivity contribution in [3.8, 4) is 5.75 Å². The van der Waals surface area contributed by atoms with E-state index in [0.717, 1.165) is 17.5 Å². The summed E-state index contributed by atoms with van der Waals surface area (Å²) in [4.78, 5) is 7.46. The number of halogens is 3. The first-order valence-electron chi connectivity index (χ1n) is 8.64. The summed E-state index contributed by atoms with van der Waals surface area (Å²) in [6.07, 6.45) is 0.203. The Bertz CT molecular complexity index is 789. The van der Waals surface area contributed by atoms with E-state index in [-0.39, 0.29) is 17.6 Å². The fourth-order valence-corrected chi connectivity index (χ4v) is 4.26. The molecule has 1 aromatic carbocycles. The standard InChI is InChI=1S/C19H22ClF2N3OS/c1-19(21,22)10-9-14-12-25(13-7-5-4-6-8-13)18-16(27-24(14)2)11-15(26-3)17(20)23-18/h4-8,11,14H,9-10,12H2,1-3H3. The molecule has 0 aliphatic carbocycles. The summed E-state index contributed by atoms with van der Waals surface area (Å²) < 4.78 is 34.2. The first-order chi connectivity index (χ1) is 12.8. The van der Waals surface area contributed by atoms with Crippen molar-refractivity contribution < 1.29 is 13.5 Å². The van der Waals surface area contributed by atoms with Crippen LogP contribution in [0.1, 0.15) is 19.8 Å². The lowest BCUT2D eigenvalue weighted by Gasteiger charge is -2.30. The molecule has 1 unspecified atom stereocenters. The molecule has 8 heteroatoms. The van der Waals surface area contributed by atoms with Gasteiger partial charge in [-0.25, -0.2) is 18.1 Å². The van der Waals surface area contributed by atoms with Crippen LogP contribution in [0.5, 0.6) is 5.75 Å². The van der Waals surface area contributed by atoms with E-state index in [0.29, 0.717) is 24.5 Å². The molecule has 0 saturated carbocycles. The predicted molar refractivity (Wildman–Crippen MR) is 107 cm³/mol. The van der Waals surface area contributed by atoms with Crippen LogP contribution in [-0.2, 0) is 0 Å². The minimum Gasteiger partial charge on any atom is -0.493 e. The number of hydrogen-bond donors (Lipinski definition) is 0. The van der Waals surface area contributed by atoms with E-state index in [4.69, 9.17) is 16.3 Å². The number of alkyl halides is 2. The molecular formula is C19H22ClF2N3OS. The molecule has 2 aromatic rings. The van der Waals surface area contributed by atoms with E-state index < -0.39 is 5.92 Å². The topological polar surface area (TPSA) is 28.6 Å². The number of pyridine rings is 1. The van der Waals surface area contributed by atoms with Crippen LogP contribution in [0.4, 0.5) is 20.3 Å². The second kappa shape index (κ2) is 8.20. The molecule has 4 nitrogen and oxygen atoms in total. The lowest BCUT2D eigenvalue weighted by Crippen LogP contribution is -2.36. The van der Waals surface area contributed by atoms with Crippen molar-refractivity contribution in [2.75, 3.05) is 25.6 Å². The molecule has 1 atom stereocenters. The summed E-state index contributed by atoms with van der Waals surface area (Å²) in [6, 6.07) is 11.5. The van der Waals surface area contributed by atoms with E-state index in [1.807, 2.05) is 52.7 Å². The minimum absolute atomic E-state index is 0.0833. The third kappa shape index (κ3) is 4.83. The number of aromatic nitrogens is 1. The maximum Gasteiger partial charge on any atom is 0.245 e. The summed E-state index contributed by atoms with van der Waals surface area (Å²) in [5.74, 6) is -1.50. The molecule has 0 N–H and O–H groups in total. The van der Waals surface area contributed by atoms with Crippen LogP contribution >= 0.6 is 23.5 Å². The van der Waals surface area contributed by atoms with E-state index in [9.17, 15) is 8.78 Å². The number of rotatable bonds is 5. The highest BCUT2D eigenvalue weighted by atomic mass is 35.5. The fraction of sp³-hybridized carbons (Fsp3) is 0.421. The number of hydrogen-bond acceptors (Lipinski definition) is 5. The average Bonchev–Trinajstić information content (AvgIpc) is 2.75. The van der Waals surface area contributed by atoms with Gasteiger partial charge in [-0.15, -0.1) is 0 Å². The quantitative estimate of drug-likeness (QED) is 0.467. The zero-order valence-corrected chi connectivity index (χ0v) is 17.0. The molecule has 2 heterocycles. The van der Waals surface area contributed by atoms with Crippen LogP contribution in [0.15, 0.2) is 41.3 Å². The zero-order valence-electron chi connectivity index (χ0n) is 15.5. The Labute approximate surface area is 167 Å². The summed E-state index contributed by atoms with van der Waals surface area (Å²) >= 11 is 7.75. The molecule has 1 aliphatic rings. The van der Waals surface area contributed by atoms with Gasteiger partial charge < -0.3 is 9.64 Å². The Morgan fingerprint density at radius 2 is 2.04 bits per heavy atom. The van der Waals surface area contributed by atoms with Crippen molar-refractivity contribution in [1.82, 2.24) is 9.29 Å². The molecule has 146 valence electrons. The van der Waals surface area contributed by atoms with Crippen LogP contribution < -0.4 is 9.64 Å². The highest BCUT2D eigenvalue weighted by molar-refractivity contribution is 7.97. The number of benzene rings is 1. The normalized spacial score (nSPS) is 18.1. The van der Waals surface area contributed by atoms with Gasteiger partial charge in [0.15, 0.2) is 10.9 Å². The van der Waals surface area contributed by atoms with E-state index in [1.165, 1.54) is 11.9 Å². The largest absolute Gasteiger partial charge is 0.493 e. The van der Waals surface area contributed by atoms with Crippen molar-refractivity contribution in [3.63, 3.8) is 0 Å². The second-order valence-electron chi connectivity index (χ2n) is 6.65. The Hall–Kier alpha value is -1.57.